The number of carbonyl (C=O) groups excluding carboxylic acids is 3. The zero-order chi connectivity index (χ0) is 25.8. The molecule has 0 unspecified atom stereocenters. The molecule has 2 aromatic rings. The minimum absolute atomic E-state index is 0.0835. The van der Waals surface area contributed by atoms with Crippen LogP contribution >= 0.6 is 0 Å². The molecule has 0 aliphatic carbocycles. The van der Waals surface area contributed by atoms with Gasteiger partial charge in [0.05, 0.1) is 6.54 Å². The summed E-state index contributed by atoms with van der Waals surface area (Å²) < 4.78 is 5.79. The van der Waals surface area contributed by atoms with Gasteiger partial charge >= 0.3 is 5.69 Å². The molecule has 36 heavy (non-hydrogen) atoms. The number of fused-ring (bicyclic) bond motifs is 4. The molecule has 4 bridgehead atoms. The van der Waals surface area contributed by atoms with Crippen LogP contribution in [0.3, 0.4) is 0 Å². The molecule has 4 rings (SSSR count). The molecule has 2 aliphatic heterocycles. The first-order valence-electron chi connectivity index (χ1n) is 12.4. The number of aryl methyl sites for hydroxylation is 3. The van der Waals surface area contributed by atoms with Gasteiger partial charge in [-0.1, -0.05) is 6.07 Å². The number of nitrogens with one attached hydrogen (secondary N) is 3. The summed E-state index contributed by atoms with van der Waals surface area (Å²) in [4.78, 5) is 59.0. The fraction of sp³-hybridized carbons (Fsp3) is 0.500. The Labute approximate surface area is 209 Å². The summed E-state index contributed by atoms with van der Waals surface area (Å²) in [5, 5.41) is 5.85. The van der Waals surface area contributed by atoms with Crippen LogP contribution in [0, 0.1) is 20.8 Å². The molecule has 192 valence electrons. The molecule has 3 amide bonds. The second-order valence-corrected chi connectivity index (χ2v) is 9.51. The lowest BCUT2D eigenvalue weighted by Gasteiger charge is -2.31. The van der Waals surface area contributed by atoms with E-state index in [4.69, 9.17) is 4.74 Å². The molecule has 1 fully saturated rings. The maximum atomic E-state index is 13.5. The number of H-pyrrole nitrogens is 1. The second-order valence-electron chi connectivity index (χ2n) is 9.51. The van der Waals surface area contributed by atoms with Crippen molar-refractivity contribution < 1.29 is 19.1 Å². The van der Waals surface area contributed by atoms with Gasteiger partial charge in [-0.2, -0.15) is 4.98 Å². The van der Waals surface area contributed by atoms with Crippen LogP contribution in [0.4, 0.5) is 0 Å². The highest BCUT2D eigenvalue weighted by Gasteiger charge is 2.37. The Morgan fingerprint density at radius 1 is 1.11 bits per heavy atom. The molecule has 0 saturated carbocycles. The van der Waals surface area contributed by atoms with E-state index in [0.29, 0.717) is 55.1 Å². The van der Waals surface area contributed by atoms with Gasteiger partial charge in [0.1, 0.15) is 12.4 Å². The third-order valence-corrected chi connectivity index (χ3v) is 7.00. The topological polar surface area (TPSA) is 133 Å². The van der Waals surface area contributed by atoms with Crippen molar-refractivity contribution in [3.05, 3.63) is 56.8 Å². The summed E-state index contributed by atoms with van der Waals surface area (Å²) in [7, 11) is 0. The molecule has 3 N–H and O–H groups in total. The van der Waals surface area contributed by atoms with E-state index in [1.54, 1.807) is 30.9 Å². The number of amides is 3. The van der Waals surface area contributed by atoms with Crippen LogP contribution in [0.1, 0.15) is 58.6 Å². The fourth-order valence-electron chi connectivity index (χ4n) is 5.10. The van der Waals surface area contributed by atoms with Gasteiger partial charge in [0.2, 0.25) is 11.8 Å². The number of aromatic nitrogens is 2. The highest BCUT2D eigenvalue weighted by Crippen LogP contribution is 2.28. The van der Waals surface area contributed by atoms with Crippen LogP contribution in [-0.4, -0.2) is 64.4 Å². The van der Waals surface area contributed by atoms with Crippen LogP contribution in [0.25, 0.3) is 0 Å². The predicted octanol–water partition coefficient (Wildman–Crippen LogP) is 1.32. The standard InChI is InChI=1S/C26H33N5O5/c1-15-4-5-18-12-22(15)36-11-10-27-23(32)13-19-6-7-20(14-28-25(18)34)31(19)24(33)9-8-21-16(2)29-26(35)30-17(21)3/h4-5,12,19-20H,6-11,13-14H2,1-3H3,(H,27,32)(H,28,34)(H,29,30,35)/t19-,20+/m0/s1. The van der Waals surface area contributed by atoms with E-state index < -0.39 is 5.69 Å². The van der Waals surface area contributed by atoms with E-state index in [1.165, 1.54) is 0 Å². The highest BCUT2D eigenvalue weighted by molar-refractivity contribution is 5.94. The molecule has 2 atom stereocenters. The van der Waals surface area contributed by atoms with Gasteiger partial charge in [0.15, 0.2) is 0 Å². The van der Waals surface area contributed by atoms with E-state index in [9.17, 15) is 19.2 Å². The molecule has 10 heteroatoms. The van der Waals surface area contributed by atoms with Gasteiger partial charge < -0.3 is 25.3 Å². The summed E-state index contributed by atoms with van der Waals surface area (Å²) >= 11 is 0. The predicted molar refractivity (Wildman–Crippen MR) is 133 cm³/mol. The van der Waals surface area contributed by atoms with Gasteiger partial charge in [-0.05, 0) is 63.3 Å². The monoisotopic (exact) mass is 495 g/mol. The van der Waals surface area contributed by atoms with Gasteiger partial charge in [-0.15, -0.1) is 0 Å². The van der Waals surface area contributed by atoms with E-state index in [0.717, 1.165) is 11.1 Å². The van der Waals surface area contributed by atoms with Crippen LogP contribution in [-0.2, 0) is 16.0 Å². The van der Waals surface area contributed by atoms with Gasteiger partial charge in [-0.25, -0.2) is 4.79 Å². The van der Waals surface area contributed by atoms with Crippen molar-refractivity contribution in [1.29, 1.82) is 0 Å². The Hall–Kier alpha value is -3.69. The number of carbonyl (C=O) groups is 3. The molecule has 1 aromatic carbocycles. The maximum absolute atomic E-state index is 13.5. The molecular weight excluding hydrogens is 462 g/mol. The minimum Gasteiger partial charge on any atom is -0.491 e. The van der Waals surface area contributed by atoms with E-state index in [1.807, 2.05) is 13.0 Å². The lowest BCUT2D eigenvalue weighted by molar-refractivity contribution is -0.135. The Morgan fingerprint density at radius 3 is 2.67 bits per heavy atom. The Kier molecular flexibility index (Phi) is 7.71. The van der Waals surface area contributed by atoms with Crippen molar-refractivity contribution in [3.63, 3.8) is 0 Å². The quantitative estimate of drug-likeness (QED) is 0.588. The molecule has 2 aliphatic rings. The van der Waals surface area contributed by atoms with Crippen LogP contribution in [0.2, 0.25) is 0 Å². The summed E-state index contributed by atoms with van der Waals surface area (Å²) in [5.41, 5.74) is 3.13. The number of benzene rings is 1. The molecule has 0 radical (unpaired) electrons. The smallest absolute Gasteiger partial charge is 0.345 e. The van der Waals surface area contributed by atoms with Gasteiger partial charge in [-0.3, -0.25) is 14.4 Å². The van der Waals surface area contributed by atoms with Crippen molar-refractivity contribution in [2.45, 2.75) is 65.0 Å². The largest absolute Gasteiger partial charge is 0.491 e. The zero-order valence-electron chi connectivity index (χ0n) is 21.0. The van der Waals surface area contributed by atoms with Crippen LogP contribution in [0.5, 0.6) is 5.75 Å². The number of aromatic amines is 1. The number of rotatable bonds is 3. The second kappa shape index (κ2) is 10.9. The van der Waals surface area contributed by atoms with E-state index >= 15 is 0 Å². The molecule has 10 nitrogen and oxygen atoms in total. The van der Waals surface area contributed by atoms with Crippen molar-refractivity contribution in [2.24, 2.45) is 0 Å². The molecule has 1 aromatic heterocycles. The normalized spacial score (nSPS) is 20.6. The van der Waals surface area contributed by atoms with Crippen molar-refractivity contribution >= 4 is 17.7 Å². The van der Waals surface area contributed by atoms with Crippen molar-refractivity contribution in [1.82, 2.24) is 25.5 Å². The summed E-state index contributed by atoms with van der Waals surface area (Å²) in [6.07, 6.45) is 2.22. The first-order valence-corrected chi connectivity index (χ1v) is 12.4. The minimum atomic E-state index is -0.406. The lowest BCUT2D eigenvalue weighted by atomic mass is 10.1. The summed E-state index contributed by atoms with van der Waals surface area (Å²) in [6, 6.07) is 4.83. The molecular formula is C26H33N5O5. The van der Waals surface area contributed by atoms with Crippen LogP contribution < -0.4 is 21.1 Å². The number of nitrogens with zero attached hydrogens (tertiary/aromatic N) is 2. The Balaban J connectivity index is 1.53. The zero-order valence-corrected chi connectivity index (χ0v) is 21.0. The number of hydrogen-bond donors (Lipinski definition) is 3. The first-order chi connectivity index (χ1) is 17.2. The Bertz CT molecular complexity index is 1200. The van der Waals surface area contributed by atoms with Crippen molar-refractivity contribution in [2.75, 3.05) is 19.7 Å². The molecule has 1 saturated heterocycles. The lowest BCUT2D eigenvalue weighted by Crippen LogP contribution is -2.48. The average molecular weight is 496 g/mol. The molecule has 0 spiro atoms. The average Bonchev–Trinajstić information content (AvgIpc) is 3.22. The maximum Gasteiger partial charge on any atom is 0.345 e. The first kappa shape index (κ1) is 25.4. The third kappa shape index (κ3) is 5.75. The van der Waals surface area contributed by atoms with E-state index in [-0.39, 0.29) is 49.3 Å². The summed E-state index contributed by atoms with van der Waals surface area (Å²) in [6.45, 7) is 6.36. The highest BCUT2D eigenvalue weighted by atomic mass is 16.5. The van der Waals surface area contributed by atoms with Gasteiger partial charge in [0, 0.05) is 48.4 Å². The van der Waals surface area contributed by atoms with Crippen molar-refractivity contribution in [3.8, 4) is 5.75 Å². The third-order valence-electron chi connectivity index (χ3n) is 7.00. The van der Waals surface area contributed by atoms with Crippen LogP contribution in [0.15, 0.2) is 23.0 Å². The SMILES string of the molecule is Cc1ccc2cc1OCCNC(=O)C[C@@H]1CC[C@H](CNC2=O)N1C(=O)CCc1c(C)nc(=O)[nH]c1C. The molecule has 3 heterocycles. The number of ether oxygens (including phenoxy) is 1. The van der Waals surface area contributed by atoms with E-state index in [2.05, 4.69) is 20.6 Å². The van der Waals surface area contributed by atoms with Gasteiger partial charge in [0.25, 0.3) is 5.91 Å². The summed E-state index contributed by atoms with van der Waals surface area (Å²) in [5.74, 6) is 0.153. The Morgan fingerprint density at radius 2 is 1.89 bits per heavy atom. The fourth-order valence-corrected chi connectivity index (χ4v) is 5.10. The number of hydrogen-bond acceptors (Lipinski definition) is 6.